The predicted molar refractivity (Wildman–Crippen MR) is 128 cm³/mol. The van der Waals surface area contributed by atoms with E-state index in [0.717, 1.165) is 43.3 Å². The minimum Gasteiger partial charge on any atom is -0.293 e. The number of anilines is 2. The maximum Gasteiger partial charge on any atom is 0.262 e. The number of amides is 1. The normalized spacial score (nSPS) is 11.3. The first-order valence-electron chi connectivity index (χ1n) is 9.95. The van der Waals surface area contributed by atoms with Crippen molar-refractivity contribution < 1.29 is 4.79 Å². The molecule has 8 heteroatoms. The summed E-state index contributed by atoms with van der Waals surface area (Å²) in [7, 11) is 0. The number of carbonyl (C=O) groups excluding carboxylic acids is 1. The molecule has 0 unspecified atom stereocenters. The van der Waals surface area contributed by atoms with Crippen molar-refractivity contribution in [2.75, 3.05) is 4.90 Å². The molecule has 0 N–H and O–H groups in total. The third kappa shape index (κ3) is 3.81. The number of aromatic nitrogens is 3. The molecule has 0 aliphatic heterocycles. The molecule has 3 heterocycles. The number of aryl methyl sites for hydroxylation is 5. The highest BCUT2D eigenvalue weighted by Crippen LogP contribution is 2.34. The molecule has 0 bridgehead atoms. The smallest absolute Gasteiger partial charge is 0.262 e. The van der Waals surface area contributed by atoms with Gasteiger partial charge in [0.2, 0.25) is 5.91 Å². The van der Waals surface area contributed by atoms with Crippen LogP contribution in [0.3, 0.4) is 0 Å². The van der Waals surface area contributed by atoms with Gasteiger partial charge in [0.05, 0.1) is 29.6 Å². The lowest BCUT2D eigenvalue weighted by Gasteiger charge is -2.23. The molecule has 4 rings (SSSR count). The van der Waals surface area contributed by atoms with Gasteiger partial charge in [0, 0.05) is 17.2 Å². The Labute approximate surface area is 188 Å². The lowest BCUT2D eigenvalue weighted by Crippen LogP contribution is -2.25. The highest BCUT2D eigenvalue weighted by atomic mass is 32.1. The number of fused-ring (bicyclic) bond motifs is 1. The van der Waals surface area contributed by atoms with Gasteiger partial charge in [0.25, 0.3) is 5.56 Å². The van der Waals surface area contributed by atoms with Crippen LogP contribution in [-0.4, -0.2) is 20.4 Å². The van der Waals surface area contributed by atoms with Crippen LogP contribution < -0.4 is 10.5 Å². The van der Waals surface area contributed by atoms with Crippen LogP contribution in [0.2, 0.25) is 0 Å². The maximum absolute atomic E-state index is 13.0. The van der Waals surface area contributed by atoms with Crippen molar-refractivity contribution in [3.8, 4) is 0 Å². The minimum atomic E-state index is -0.0967. The van der Waals surface area contributed by atoms with E-state index in [9.17, 15) is 9.59 Å². The number of thiazole rings is 1. The molecule has 31 heavy (non-hydrogen) atoms. The SMILES string of the molecule is CC(=O)N(c1nc(Cn2cnc3sc(C)c(C)c3c2=O)cs1)c1c(C)cc(C)cc1C. The second-order valence-corrected chi connectivity index (χ2v) is 9.90. The van der Waals surface area contributed by atoms with E-state index in [1.807, 2.05) is 40.0 Å². The largest absolute Gasteiger partial charge is 0.293 e. The van der Waals surface area contributed by atoms with E-state index >= 15 is 0 Å². The second-order valence-electron chi connectivity index (χ2n) is 7.86. The van der Waals surface area contributed by atoms with E-state index in [0.29, 0.717) is 17.1 Å². The summed E-state index contributed by atoms with van der Waals surface area (Å²) in [4.78, 5) is 38.3. The summed E-state index contributed by atoms with van der Waals surface area (Å²) < 4.78 is 1.58. The summed E-state index contributed by atoms with van der Waals surface area (Å²) in [6.07, 6.45) is 1.58. The summed E-state index contributed by atoms with van der Waals surface area (Å²) >= 11 is 2.94. The molecule has 0 radical (unpaired) electrons. The first kappa shape index (κ1) is 21.4. The third-order valence-corrected chi connectivity index (χ3v) is 7.38. The van der Waals surface area contributed by atoms with Crippen molar-refractivity contribution in [1.82, 2.24) is 14.5 Å². The van der Waals surface area contributed by atoms with Gasteiger partial charge in [0.15, 0.2) is 5.13 Å². The van der Waals surface area contributed by atoms with Gasteiger partial charge in [-0.05, 0) is 51.3 Å². The first-order valence-corrected chi connectivity index (χ1v) is 11.6. The Morgan fingerprint density at radius 3 is 2.45 bits per heavy atom. The fourth-order valence-corrected chi connectivity index (χ4v) is 5.79. The Bertz CT molecular complexity index is 1360. The number of thiophene rings is 1. The van der Waals surface area contributed by atoms with Gasteiger partial charge < -0.3 is 0 Å². The van der Waals surface area contributed by atoms with E-state index in [4.69, 9.17) is 4.98 Å². The van der Waals surface area contributed by atoms with Gasteiger partial charge in [-0.3, -0.25) is 19.1 Å². The van der Waals surface area contributed by atoms with Crippen molar-refractivity contribution in [2.24, 2.45) is 0 Å². The van der Waals surface area contributed by atoms with Crippen LogP contribution in [-0.2, 0) is 11.3 Å². The molecule has 3 aromatic heterocycles. The van der Waals surface area contributed by atoms with E-state index in [1.54, 1.807) is 22.7 Å². The van der Waals surface area contributed by atoms with Crippen LogP contribution in [0.1, 0.15) is 39.7 Å². The summed E-state index contributed by atoms with van der Waals surface area (Å²) in [5.41, 5.74) is 5.72. The highest BCUT2D eigenvalue weighted by molar-refractivity contribution is 7.18. The molecular formula is C23H24N4O2S2. The molecule has 160 valence electrons. The molecule has 4 aromatic rings. The van der Waals surface area contributed by atoms with Crippen molar-refractivity contribution in [1.29, 1.82) is 0 Å². The molecule has 6 nitrogen and oxygen atoms in total. The third-order valence-electron chi connectivity index (χ3n) is 5.39. The Hall–Kier alpha value is -2.84. The van der Waals surface area contributed by atoms with Crippen LogP contribution >= 0.6 is 22.7 Å². The van der Waals surface area contributed by atoms with Crippen molar-refractivity contribution in [3.05, 3.63) is 67.0 Å². The van der Waals surface area contributed by atoms with Crippen molar-refractivity contribution >= 4 is 49.6 Å². The zero-order valence-electron chi connectivity index (χ0n) is 18.4. The Kier molecular flexibility index (Phi) is 5.53. The molecule has 0 fully saturated rings. The van der Waals surface area contributed by atoms with Crippen molar-refractivity contribution in [3.63, 3.8) is 0 Å². The lowest BCUT2D eigenvalue weighted by atomic mass is 10.0. The van der Waals surface area contributed by atoms with E-state index in [2.05, 4.69) is 17.1 Å². The summed E-state index contributed by atoms with van der Waals surface area (Å²) in [5.74, 6) is -0.0967. The quantitative estimate of drug-likeness (QED) is 0.427. The Morgan fingerprint density at radius 2 is 1.81 bits per heavy atom. The molecule has 0 spiro atoms. The molecule has 0 saturated carbocycles. The summed E-state index contributed by atoms with van der Waals surface area (Å²) in [5, 5.41) is 3.17. The topological polar surface area (TPSA) is 68.1 Å². The number of hydrogen-bond acceptors (Lipinski definition) is 6. The molecule has 1 aromatic carbocycles. The standard InChI is InChI=1S/C23H24N4O2S2/c1-12-7-13(2)20(14(3)8-12)27(17(6)28)23-25-18(10-30-23)9-26-11-24-21-19(22(26)29)15(4)16(5)31-21/h7-8,10-11H,9H2,1-6H3. The van der Waals surface area contributed by atoms with Crippen LogP contribution in [0.15, 0.2) is 28.6 Å². The molecule has 0 atom stereocenters. The number of rotatable bonds is 4. The fourth-order valence-electron chi connectivity index (χ4n) is 3.94. The maximum atomic E-state index is 13.0. The monoisotopic (exact) mass is 452 g/mol. The van der Waals surface area contributed by atoms with Crippen LogP contribution in [0.5, 0.6) is 0 Å². The zero-order valence-corrected chi connectivity index (χ0v) is 20.1. The first-order chi connectivity index (χ1) is 14.7. The van der Waals surface area contributed by atoms with Gasteiger partial charge in [-0.1, -0.05) is 17.7 Å². The lowest BCUT2D eigenvalue weighted by molar-refractivity contribution is -0.115. The molecule has 0 aliphatic carbocycles. The van der Waals surface area contributed by atoms with E-state index in [-0.39, 0.29) is 11.5 Å². The molecule has 0 aliphatic rings. The summed E-state index contributed by atoms with van der Waals surface area (Å²) in [6, 6.07) is 4.14. The van der Waals surface area contributed by atoms with Crippen LogP contribution in [0.25, 0.3) is 10.2 Å². The number of benzene rings is 1. The van der Waals surface area contributed by atoms with E-state index in [1.165, 1.54) is 22.7 Å². The zero-order chi connectivity index (χ0) is 22.4. The molecule has 1 amide bonds. The molecular weight excluding hydrogens is 428 g/mol. The van der Waals surface area contributed by atoms with Gasteiger partial charge in [-0.15, -0.1) is 22.7 Å². The molecule has 0 saturated heterocycles. The average molecular weight is 453 g/mol. The number of hydrogen-bond donors (Lipinski definition) is 0. The predicted octanol–water partition coefficient (Wildman–Crippen LogP) is 5.19. The van der Waals surface area contributed by atoms with Crippen LogP contribution in [0, 0.1) is 34.6 Å². The Morgan fingerprint density at radius 1 is 1.13 bits per heavy atom. The van der Waals surface area contributed by atoms with Gasteiger partial charge in [-0.25, -0.2) is 9.97 Å². The fraction of sp³-hybridized carbons (Fsp3) is 0.304. The van der Waals surface area contributed by atoms with Gasteiger partial charge in [0.1, 0.15) is 4.83 Å². The summed E-state index contributed by atoms with van der Waals surface area (Å²) in [6.45, 7) is 11.9. The number of carbonyl (C=O) groups is 1. The number of nitrogens with zero attached hydrogens (tertiary/aromatic N) is 4. The second kappa shape index (κ2) is 8.01. The highest BCUT2D eigenvalue weighted by Gasteiger charge is 2.22. The van der Waals surface area contributed by atoms with Crippen molar-refractivity contribution in [2.45, 2.75) is 48.1 Å². The average Bonchev–Trinajstić information content (AvgIpc) is 3.25. The van der Waals surface area contributed by atoms with Gasteiger partial charge >= 0.3 is 0 Å². The Balaban J connectivity index is 1.72. The van der Waals surface area contributed by atoms with Crippen LogP contribution in [0.4, 0.5) is 10.8 Å². The van der Waals surface area contributed by atoms with E-state index < -0.39 is 0 Å². The minimum absolute atomic E-state index is 0.0601. The van der Waals surface area contributed by atoms with Gasteiger partial charge in [-0.2, -0.15) is 0 Å².